The first-order chi connectivity index (χ1) is 11.9. The number of aromatic amines is 1. The number of hydrogen-bond donors (Lipinski definition) is 2. The summed E-state index contributed by atoms with van der Waals surface area (Å²) in [7, 11) is 0. The molecule has 0 atom stereocenters. The number of anilines is 1. The van der Waals surface area contributed by atoms with Crippen molar-refractivity contribution >= 4 is 29.0 Å². The van der Waals surface area contributed by atoms with E-state index in [9.17, 15) is 19.7 Å². The number of carbonyl (C=O) groups excluding carboxylic acids is 1. The number of nitro benzene ring substituents is 1. The van der Waals surface area contributed by atoms with Gasteiger partial charge in [0.2, 0.25) is 5.91 Å². The summed E-state index contributed by atoms with van der Waals surface area (Å²) < 4.78 is 1.50. The van der Waals surface area contributed by atoms with Gasteiger partial charge in [-0.15, -0.1) is 5.10 Å². The lowest BCUT2D eigenvalue weighted by atomic mass is 10.1. The van der Waals surface area contributed by atoms with Gasteiger partial charge in [0.05, 0.1) is 21.9 Å². The van der Waals surface area contributed by atoms with Crippen LogP contribution in [0.4, 0.5) is 11.4 Å². The number of nitrogens with one attached hydrogen (secondary N) is 2. The van der Waals surface area contributed by atoms with Crippen molar-refractivity contribution < 1.29 is 9.72 Å². The van der Waals surface area contributed by atoms with Gasteiger partial charge in [-0.3, -0.25) is 19.5 Å². The van der Waals surface area contributed by atoms with E-state index in [1.54, 1.807) is 13.0 Å². The molecule has 0 aliphatic heterocycles. The van der Waals surface area contributed by atoms with E-state index in [2.05, 4.69) is 15.5 Å². The molecular formula is C15H19N5O4S. The average Bonchev–Trinajstić information content (AvgIpc) is 2.92. The maximum absolute atomic E-state index is 12.1. The maximum atomic E-state index is 12.1. The van der Waals surface area contributed by atoms with Crippen molar-refractivity contribution in [2.45, 2.75) is 38.4 Å². The van der Waals surface area contributed by atoms with Crippen LogP contribution in [0.5, 0.6) is 0 Å². The van der Waals surface area contributed by atoms with Crippen molar-refractivity contribution in [3.63, 3.8) is 0 Å². The summed E-state index contributed by atoms with van der Waals surface area (Å²) >= 11 is 1.14. The van der Waals surface area contributed by atoms with Crippen LogP contribution in [0.25, 0.3) is 0 Å². The van der Waals surface area contributed by atoms with E-state index in [1.807, 2.05) is 6.92 Å². The molecule has 0 spiro atoms. The molecule has 0 fully saturated rings. The monoisotopic (exact) mass is 365 g/mol. The second kappa shape index (κ2) is 8.47. The highest BCUT2D eigenvalue weighted by molar-refractivity contribution is 7.99. The third kappa shape index (κ3) is 4.69. The third-order valence-corrected chi connectivity index (χ3v) is 4.54. The Morgan fingerprint density at radius 1 is 1.48 bits per heavy atom. The first-order valence-corrected chi connectivity index (χ1v) is 8.74. The molecule has 0 saturated carbocycles. The summed E-state index contributed by atoms with van der Waals surface area (Å²) in [4.78, 5) is 34.3. The topological polar surface area (TPSA) is 123 Å². The Morgan fingerprint density at radius 2 is 2.24 bits per heavy atom. The normalized spacial score (nSPS) is 10.6. The minimum atomic E-state index is -0.490. The molecule has 10 heteroatoms. The highest BCUT2D eigenvalue weighted by Gasteiger charge is 2.16. The Bertz CT molecular complexity index is 830. The maximum Gasteiger partial charge on any atom is 0.343 e. The standard InChI is InChI=1S/C15H19N5O4S/c1-3-4-8-19-14(22)17-18-15(19)25-9-13(21)16-11-6-5-7-12(10(11)2)20(23)24/h5-7H,3-4,8-9H2,1-2H3,(H,16,21)(H,17,22). The van der Waals surface area contributed by atoms with E-state index >= 15 is 0 Å². The van der Waals surface area contributed by atoms with Crippen LogP contribution in [-0.2, 0) is 11.3 Å². The fourth-order valence-electron chi connectivity index (χ4n) is 2.20. The van der Waals surface area contributed by atoms with Gasteiger partial charge in [0.1, 0.15) is 0 Å². The van der Waals surface area contributed by atoms with E-state index in [1.165, 1.54) is 16.7 Å². The zero-order valence-corrected chi connectivity index (χ0v) is 14.8. The van der Waals surface area contributed by atoms with E-state index in [0.29, 0.717) is 23.0 Å². The van der Waals surface area contributed by atoms with Gasteiger partial charge in [0.25, 0.3) is 5.69 Å². The first-order valence-electron chi connectivity index (χ1n) is 7.76. The highest BCUT2D eigenvalue weighted by atomic mass is 32.2. The molecule has 2 N–H and O–H groups in total. The number of nitrogens with zero attached hydrogens (tertiary/aromatic N) is 3. The van der Waals surface area contributed by atoms with Crippen molar-refractivity contribution in [3.05, 3.63) is 44.4 Å². The Kier molecular flexibility index (Phi) is 6.34. The van der Waals surface area contributed by atoms with Crippen molar-refractivity contribution in [1.29, 1.82) is 0 Å². The first kappa shape index (κ1) is 18.7. The molecule has 0 saturated heterocycles. The van der Waals surface area contributed by atoms with E-state index < -0.39 is 4.92 Å². The van der Waals surface area contributed by atoms with Crippen LogP contribution in [0.15, 0.2) is 28.2 Å². The Hall–Kier alpha value is -2.62. The summed E-state index contributed by atoms with van der Waals surface area (Å²) in [5, 5.41) is 20.3. The van der Waals surface area contributed by atoms with Crippen molar-refractivity contribution in [3.8, 4) is 0 Å². The number of carbonyl (C=O) groups is 1. The lowest BCUT2D eigenvalue weighted by molar-refractivity contribution is -0.385. The molecular weight excluding hydrogens is 346 g/mol. The van der Waals surface area contributed by atoms with E-state index in [0.717, 1.165) is 24.6 Å². The molecule has 1 amide bonds. The fourth-order valence-corrected chi connectivity index (χ4v) is 2.97. The van der Waals surface area contributed by atoms with Crippen LogP contribution < -0.4 is 11.0 Å². The van der Waals surface area contributed by atoms with E-state index in [4.69, 9.17) is 0 Å². The van der Waals surface area contributed by atoms with Gasteiger partial charge in [-0.25, -0.2) is 9.89 Å². The second-order valence-electron chi connectivity index (χ2n) is 5.36. The minimum absolute atomic E-state index is 0.0402. The third-order valence-electron chi connectivity index (χ3n) is 3.57. The van der Waals surface area contributed by atoms with Gasteiger partial charge < -0.3 is 5.32 Å². The van der Waals surface area contributed by atoms with Crippen molar-refractivity contribution in [2.75, 3.05) is 11.1 Å². The lowest BCUT2D eigenvalue weighted by Crippen LogP contribution is -2.19. The molecule has 25 heavy (non-hydrogen) atoms. The summed E-state index contributed by atoms with van der Waals surface area (Å²) in [5.41, 5.74) is 0.438. The van der Waals surface area contributed by atoms with Gasteiger partial charge in [-0.1, -0.05) is 31.2 Å². The van der Waals surface area contributed by atoms with E-state index in [-0.39, 0.29) is 23.0 Å². The molecule has 9 nitrogen and oxygen atoms in total. The number of nitro groups is 1. The van der Waals surface area contributed by atoms with Gasteiger partial charge in [-0.2, -0.15) is 0 Å². The summed E-state index contributed by atoms with van der Waals surface area (Å²) in [5.74, 6) is -0.287. The number of benzene rings is 1. The number of amides is 1. The number of H-pyrrole nitrogens is 1. The predicted molar refractivity (Wildman–Crippen MR) is 94.9 cm³/mol. The van der Waals surface area contributed by atoms with Crippen LogP contribution in [0, 0.1) is 17.0 Å². The largest absolute Gasteiger partial charge is 0.343 e. The summed E-state index contributed by atoms with van der Waals surface area (Å²) in [6.45, 7) is 4.14. The molecule has 1 aromatic heterocycles. The zero-order chi connectivity index (χ0) is 18.4. The predicted octanol–water partition coefficient (Wildman–Crippen LogP) is 2.32. The minimum Gasteiger partial charge on any atom is -0.325 e. The Balaban J connectivity index is 2.02. The van der Waals surface area contributed by atoms with Crippen LogP contribution in [0.1, 0.15) is 25.3 Å². The summed E-state index contributed by atoms with van der Waals surface area (Å²) in [6, 6.07) is 4.51. The molecule has 0 radical (unpaired) electrons. The van der Waals surface area contributed by atoms with Crippen LogP contribution in [-0.4, -0.2) is 31.3 Å². The second-order valence-corrected chi connectivity index (χ2v) is 6.30. The fraction of sp³-hybridized carbons (Fsp3) is 0.400. The lowest BCUT2D eigenvalue weighted by Gasteiger charge is -2.08. The SMILES string of the molecule is CCCCn1c(SCC(=O)Nc2cccc([N+](=O)[O-])c2C)n[nH]c1=O. The molecule has 0 unspecified atom stereocenters. The highest BCUT2D eigenvalue weighted by Crippen LogP contribution is 2.25. The molecule has 0 aliphatic carbocycles. The molecule has 2 rings (SSSR count). The van der Waals surface area contributed by atoms with Gasteiger partial charge >= 0.3 is 5.69 Å². The molecule has 0 bridgehead atoms. The van der Waals surface area contributed by atoms with Crippen molar-refractivity contribution in [2.24, 2.45) is 0 Å². The van der Waals surface area contributed by atoms with Gasteiger partial charge in [0, 0.05) is 12.6 Å². The number of hydrogen-bond acceptors (Lipinski definition) is 6. The number of unbranched alkanes of at least 4 members (excludes halogenated alkanes) is 1. The Labute approximate surface area is 148 Å². The summed E-state index contributed by atoms with van der Waals surface area (Å²) in [6.07, 6.45) is 1.78. The molecule has 2 aromatic rings. The van der Waals surface area contributed by atoms with Crippen LogP contribution >= 0.6 is 11.8 Å². The van der Waals surface area contributed by atoms with Gasteiger partial charge in [-0.05, 0) is 19.4 Å². The quantitative estimate of drug-likeness (QED) is 0.420. The van der Waals surface area contributed by atoms with Crippen molar-refractivity contribution in [1.82, 2.24) is 14.8 Å². The van der Waals surface area contributed by atoms with Crippen LogP contribution in [0.3, 0.4) is 0 Å². The smallest absolute Gasteiger partial charge is 0.325 e. The van der Waals surface area contributed by atoms with Crippen LogP contribution in [0.2, 0.25) is 0 Å². The molecule has 134 valence electrons. The molecule has 1 aromatic carbocycles. The average molecular weight is 365 g/mol. The number of thioether (sulfide) groups is 1. The zero-order valence-electron chi connectivity index (χ0n) is 13.9. The van der Waals surface area contributed by atoms with Gasteiger partial charge in [0.15, 0.2) is 5.16 Å². The molecule has 0 aliphatic rings. The number of aromatic nitrogens is 3. The Morgan fingerprint density at radius 3 is 2.92 bits per heavy atom. The molecule has 1 heterocycles. The number of rotatable bonds is 8.